The van der Waals surface area contributed by atoms with Gasteiger partial charge in [-0.3, -0.25) is 9.78 Å². The lowest BCUT2D eigenvalue weighted by Crippen LogP contribution is -2.27. The smallest absolute Gasteiger partial charge is 0.251 e. The number of hydrogen-bond donors (Lipinski definition) is 1. The van der Waals surface area contributed by atoms with E-state index in [9.17, 15) is 4.79 Å². The van der Waals surface area contributed by atoms with Gasteiger partial charge in [0.25, 0.3) is 5.91 Å². The third-order valence-corrected chi connectivity index (χ3v) is 3.12. The third-order valence-electron chi connectivity index (χ3n) is 3.12. The summed E-state index contributed by atoms with van der Waals surface area (Å²) in [5.74, 6) is -0.0894. The molecule has 0 saturated heterocycles. The van der Waals surface area contributed by atoms with Crippen molar-refractivity contribution in [2.75, 3.05) is 19.0 Å². The van der Waals surface area contributed by atoms with Gasteiger partial charge >= 0.3 is 0 Å². The number of amides is 1. The largest absolute Gasteiger partial charge is 0.378 e. The van der Waals surface area contributed by atoms with Gasteiger partial charge in [0.05, 0.1) is 11.7 Å². The predicted octanol–water partition coefficient (Wildman–Crippen LogP) is 2.64. The van der Waals surface area contributed by atoms with Crippen molar-refractivity contribution in [2.45, 2.75) is 13.0 Å². The van der Waals surface area contributed by atoms with Gasteiger partial charge in [0, 0.05) is 31.5 Å². The van der Waals surface area contributed by atoms with Gasteiger partial charge < -0.3 is 10.2 Å². The summed E-state index contributed by atoms with van der Waals surface area (Å²) in [4.78, 5) is 18.4. The number of pyridine rings is 1. The second-order valence-corrected chi connectivity index (χ2v) is 4.89. The molecule has 1 amide bonds. The lowest BCUT2D eigenvalue weighted by atomic mass is 10.1. The maximum Gasteiger partial charge on any atom is 0.251 e. The van der Waals surface area contributed by atoms with E-state index in [0.717, 1.165) is 11.4 Å². The summed E-state index contributed by atoms with van der Waals surface area (Å²) in [5, 5.41) is 2.95. The summed E-state index contributed by atoms with van der Waals surface area (Å²) >= 11 is 0. The maximum atomic E-state index is 12.2. The molecule has 0 unspecified atom stereocenters. The molecule has 4 heteroatoms. The van der Waals surface area contributed by atoms with Crippen LogP contribution in [0.15, 0.2) is 48.7 Å². The minimum Gasteiger partial charge on any atom is -0.378 e. The molecule has 2 rings (SSSR count). The molecule has 0 saturated carbocycles. The highest BCUT2D eigenvalue weighted by Crippen LogP contribution is 2.14. The zero-order valence-corrected chi connectivity index (χ0v) is 12.0. The molecule has 104 valence electrons. The summed E-state index contributed by atoms with van der Waals surface area (Å²) in [7, 11) is 3.94. The Bertz CT molecular complexity index is 564. The highest BCUT2D eigenvalue weighted by Gasteiger charge is 2.12. The van der Waals surface area contributed by atoms with Crippen LogP contribution in [-0.4, -0.2) is 25.0 Å². The number of carbonyl (C=O) groups is 1. The van der Waals surface area contributed by atoms with E-state index in [1.807, 2.05) is 68.4 Å². The summed E-state index contributed by atoms with van der Waals surface area (Å²) in [6.45, 7) is 1.93. The van der Waals surface area contributed by atoms with Crippen molar-refractivity contribution in [1.29, 1.82) is 0 Å². The lowest BCUT2D eigenvalue weighted by molar-refractivity contribution is 0.0939. The van der Waals surface area contributed by atoms with Crippen LogP contribution < -0.4 is 10.2 Å². The molecule has 20 heavy (non-hydrogen) atoms. The van der Waals surface area contributed by atoms with Crippen molar-refractivity contribution in [2.24, 2.45) is 0 Å². The van der Waals surface area contributed by atoms with Crippen LogP contribution in [0.1, 0.15) is 29.0 Å². The first kappa shape index (κ1) is 14.1. The second kappa shape index (κ2) is 6.19. The maximum absolute atomic E-state index is 12.2. The Balaban J connectivity index is 2.05. The minimum atomic E-state index is -0.114. The van der Waals surface area contributed by atoms with E-state index in [0.29, 0.717) is 5.56 Å². The summed E-state index contributed by atoms with van der Waals surface area (Å²) in [5.41, 5.74) is 2.57. The molecule has 1 atom stereocenters. The number of anilines is 1. The molecule has 0 aliphatic carbocycles. The Hall–Kier alpha value is -2.36. The molecule has 0 radical (unpaired) electrons. The van der Waals surface area contributed by atoms with Crippen molar-refractivity contribution >= 4 is 11.6 Å². The monoisotopic (exact) mass is 269 g/mol. The van der Waals surface area contributed by atoms with Crippen molar-refractivity contribution in [3.63, 3.8) is 0 Å². The Morgan fingerprint density at radius 3 is 2.40 bits per heavy atom. The Morgan fingerprint density at radius 1 is 1.15 bits per heavy atom. The van der Waals surface area contributed by atoms with Crippen LogP contribution in [0.2, 0.25) is 0 Å². The molecule has 0 spiro atoms. The zero-order chi connectivity index (χ0) is 14.5. The number of hydrogen-bond acceptors (Lipinski definition) is 3. The van der Waals surface area contributed by atoms with Gasteiger partial charge in [0.15, 0.2) is 0 Å². The molecule has 1 aromatic carbocycles. The number of benzene rings is 1. The van der Waals surface area contributed by atoms with Gasteiger partial charge in [0.1, 0.15) is 0 Å². The Kier molecular flexibility index (Phi) is 4.35. The van der Waals surface area contributed by atoms with Gasteiger partial charge in [-0.05, 0) is 43.3 Å². The highest BCUT2D eigenvalue weighted by atomic mass is 16.1. The molecular formula is C16H19N3O. The molecule has 4 nitrogen and oxygen atoms in total. The van der Waals surface area contributed by atoms with Crippen LogP contribution >= 0.6 is 0 Å². The van der Waals surface area contributed by atoms with E-state index >= 15 is 0 Å². The molecular weight excluding hydrogens is 250 g/mol. The fourth-order valence-corrected chi connectivity index (χ4v) is 1.90. The highest BCUT2D eigenvalue weighted by molar-refractivity contribution is 5.94. The summed E-state index contributed by atoms with van der Waals surface area (Å²) in [6, 6.07) is 13.1. The second-order valence-electron chi connectivity index (χ2n) is 4.89. The Morgan fingerprint density at radius 2 is 1.85 bits per heavy atom. The van der Waals surface area contributed by atoms with E-state index in [4.69, 9.17) is 0 Å². The first-order chi connectivity index (χ1) is 9.58. The van der Waals surface area contributed by atoms with Crippen LogP contribution in [0.5, 0.6) is 0 Å². The van der Waals surface area contributed by atoms with E-state index < -0.39 is 0 Å². The van der Waals surface area contributed by atoms with E-state index in [1.165, 1.54) is 0 Å². The zero-order valence-electron chi connectivity index (χ0n) is 12.0. The first-order valence-corrected chi connectivity index (χ1v) is 6.57. The molecule has 1 N–H and O–H groups in total. The lowest BCUT2D eigenvalue weighted by Gasteiger charge is -2.15. The molecule has 0 fully saturated rings. The average Bonchev–Trinajstić information content (AvgIpc) is 2.48. The number of nitrogens with zero attached hydrogens (tertiary/aromatic N) is 2. The first-order valence-electron chi connectivity index (χ1n) is 6.57. The summed E-state index contributed by atoms with van der Waals surface area (Å²) < 4.78 is 0. The molecule has 1 heterocycles. The fraction of sp³-hybridized carbons (Fsp3) is 0.250. The summed E-state index contributed by atoms with van der Waals surface area (Å²) in [6.07, 6.45) is 1.73. The van der Waals surface area contributed by atoms with Crippen LogP contribution in [0, 0.1) is 0 Å². The molecule has 1 aromatic heterocycles. The number of aromatic nitrogens is 1. The normalized spacial score (nSPS) is 11.8. The molecule has 0 aliphatic heterocycles. The third kappa shape index (κ3) is 3.35. The van der Waals surface area contributed by atoms with Crippen molar-refractivity contribution in [3.05, 3.63) is 59.9 Å². The number of rotatable bonds is 4. The fourth-order valence-electron chi connectivity index (χ4n) is 1.90. The van der Waals surface area contributed by atoms with Gasteiger partial charge in [-0.2, -0.15) is 0 Å². The van der Waals surface area contributed by atoms with Crippen molar-refractivity contribution in [3.8, 4) is 0 Å². The predicted molar refractivity (Wildman–Crippen MR) is 80.9 cm³/mol. The van der Waals surface area contributed by atoms with Crippen molar-refractivity contribution in [1.82, 2.24) is 10.3 Å². The average molecular weight is 269 g/mol. The minimum absolute atomic E-state index is 0.0894. The SMILES string of the molecule is C[C@@H](NC(=O)c1ccc(N(C)C)cc1)c1ccccn1. The molecule has 0 bridgehead atoms. The van der Waals surface area contributed by atoms with Crippen LogP contribution in [0.25, 0.3) is 0 Å². The number of nitrogens with one attached hydrogen (secondary N) is 1. The molecule has 2 aromatic rings. The Labute approximate surface area is 119 Å². The quantitative estimate of drug-likeness (QED) is 0.928. The van der Waals surface area contributed by atoms with Gasteiger partial charge in [-0.25, -0.2) is 0 Å². The van der Waals surface area contributed by atoms with Gasteiger partial charge in [0.2, 0.25) is 0 Å². The van der Waals surface area contributed by atoms with Crippen LogP contribution in [0.4, 0.5) is 5.69 Å². The standard InChI is InChI=1S/C16H19N3O/c1-12(15-6-4-5-11-17-15)18-16(20)13-7-9-14(10-8-13)19(2)3/h4-12H,1-3H3,(H,18,20)/t12-/m1/s1. The van der Waals surface area contributed by atoms with E-state index in [-0.39, 0.29) is 11.9 Å². The van der Waals surface area contributed by atoms with E-state index in [1.54, 1.807) is 6.20 Å². The van der Waals surface area contributed by atoms with Crippen molar-refractivity contribution < 1.29 is 4.79 Å². The van der Waals surface area contributed by atoms with Crippen LogP contribution in [-0.2, 0) is 0 Å². The molecule has 0 aliphatic rings. The van der Waals surface area contributed by atoms with E-state index in [2.05, 4.69) is 10.3 Å². The topological polar surface area (TPSA) is 45.2 Å². The van der Waals surface area contributed by atoms with Crippen LogP contribution in [0.3, 0.4) is 0 Å². The van der Waals surface area contributed by atoms with Gasteiger partial charge in [-0.15, -0.1) is 0 Å². The number of carbonyl (C=O) groups excluding carboxylic acids is 1. The van der Waals surface area contributed by atoms with Gasteiger partial charge in [-0.1, -0.05) is 6.07 Å².